The van der Waals surface area contributed by atoms with Crippen molar-refractivity contribution in [3.05, 3.63) is 147 Å². The first-order valence-electron chi connectivity index (χ1n) is 17.5. The molecule has 1 atom stereocenters. The minimum absolute atomic E-state index is 0.0764. The molecule has 0 saturated carbocycles. The van der Waals surface area contributed by atoms with Crippen molar-refractivity contribution in [2.24, 2.45) is 0 Å². The number of thioether (sulfide) groups is 1. The number of rotatable bonds is 8. The number of halogens is 1. The average molecular weight is 736 g/mol. The lowest BCUT2D eigenvalue weighted by atomic mass is 9.93. The average Bonchev–Trinajstić information content (AvgIpc) is 3.63. The van der Waals surface area contributed by atoms with Crippen molar-refractivity contribution in [3.8, 4) is 0 Å². The predicted molar refractivity (Wildman–Crippen MR) is 205 cm³/mol. The third-order valence-electron chi connectivity index (χ3n) is 10.4. The van der Waals surface area contributed by atoms with Gasteiger partial charge in [-0.3, -0.25) is 28.9 Å². The molecule has 9 rings (SSSR count). The maximum Gasteiger partial charge on any atom is 0.266 e. The van der Waals surface area contributed by atoms with Gasteiger partial charge in [0, 0.05) is 37.4 Å². The number of carbonyl (C=O) groups is 5. The van der Waals surface area contributed by atoms with Gasteiger partial charge < -0.3 is 0 Å². The Morgan fingerprint density at radius 2 is 1.51 bits per heavy atom. The van der Waals surface area contributed by atoms with Crippen LogP contribution >= 0.6 is 23.4 Å². The van der Waals surface area contributed by atoms with Gasteiger partial charge in [-0.15, -0.1) is 11.8 Å². The van der Waals surface area contributed by atoms with Gasteiger partial charge >= 0.3 is 0 Å². The number of anilines is 1. The largest absolute Gasteiger partial charge is 0.293 e. The highest BCUT2D eigenvalue weighted by Crippen LogP contribution is 2.40. The lowest BCUT2D eigenvalue weighted by molar-refractivity contribution is 0.0598. The Hall–Kier alpha value is -5.64. The van der Waals surface area contributed by atoms with Gasteiger partial charge in [0.25, 0.3) is 23.6 Å². The Morgan fingerprint density at radius 1 is 0.755 bits per heavy atom. The molecule has 0 saturated heterocycles. The maximum absolute atomic E-state index is 14.1. The number of aromatic nitrogens is 1. The van der Waals surface area contributed by atoms with E-state index in [-0.39, 0.29) is 18.0 Å². The quantitative estimate of drug-likeness (QED) is 0.0873. The van der Waals surface area contributed by atoms with Crippen molar-refractivity contribution in [1.82, 2.24) is 9.88 Å². The number of carbonyl (C=O) groups excluding carboxylic acids is 5. The van der Waals surface area contributed by atoms with Crippen LogP contribution in [-0.2, 0) is 13.0 Å². The number of hydrogen-bond acceptors (Lipinski definition) is 7. The van der Waals surface area contributed by atoms with E-state index in [1.165, 1.54) is 4.90 Å². The summed E-state index contributed by atoms with van der Waals surface area (Å²) < 4.78 is 0. The van der Waals surface area contributed by atoms with Crippen LogP contribution in [0.4, 0.5) is 5.69 Å². The molecular formula is C43H30ClN3O5S. The maximum atomic E-state index is 14.1. The number of benzene rings is 5. The number of imide groups is 2. The molecule has 0 bridgehead atoms. The molecule has 260 valence electrons. The first kappa shape index (κ1) is 33.2. The van der Waals surface area contributed by atoms with Crippen LogP contribution < -0.4 is 4.90 Å². The van der Waals surface area contributed by atoms with E-state index in [9.17, 15) is 24.0 Å². The molecule has 8 nitrogen and oxygen atoms in total. The molecule has 0 fully saturated rings. The fourth-order valence-electron chi connectivity index (χ4n) is 7.74. The summed E-state index contributed by atoms with van der Waals surface area (Å²) in [5, 5.41) is 2.46. The molecule has 1 aliphatic carbocycles. The van der Waals surface area contributed by atoms with E-state index in [0.717, 1.165) is 39.3 Å². The number of Topliss-reactive ketones (excluding diaryl/α,β-unsaturated/α-hetero) is 1. The first-order valence-corrected chi connectivity index (χ1v) is 18.9. The van der Waals surface area contributed by atoms with Gasteiger partial charge in [-0.1, -0.05) is 67.4 Å². The van der Waals surface area contributed by atoms with Crippen LogP contribution in [0.2, 0.25) is 5.02 Å². The fraction of sp³-hybridized carbons (Fsp3) is 0.163. The zero-order valence-corrected chi connectivity index (χ0v) is 30.1. The first-order chi connectivity index (χ1) is 25.7. The van der Waals surface area contributed by atoms with E-state index in [0.29, 0.717) is 66.8 Å². The number of hydrogen-bond donors (Lipinski definition) is 0. The van der Waals surface area contributed by atoms with Crippen molar-refractivity contribution < 1.29 is 24.0 Å². The number of amides is 4. The highest BCUT2D eigenvalue weighted by molar-refractivity contribution is 7.99. The van der Waals surface area contributed by atoms with Gasteiger partial charge in [-0.2, -0.15) is 0 Å². The van der Waals surface area contributed by atoms with Gasteiger partial charge in [-0.25, -0.2) is 9.88 Å². The van der Waals surface area contributed by atoms with E-state index >= 15 is 0 Å². The Morgan fingerprint density at radius 3 is 2.26 bits per heavy atom. The Bertz CT molecular complexity index is 2590. The number of pyridine rings is 1. The van der Waals surface area contributed by atoms with Crippen LogP contribution in [0, 0.1) is 0 Å². The molecule has 4 amide bonds. The molecule has 1 unspecified atom stereocenters. The van der Waals surface area contributed by atoms with Crippen LogP contribution in [0.1, 0.15) is 94.3 Å². The molecule has 3 heterocycles. The highest BCUT2D eigenvalue weighted by Gasteiger charge is 2.40. The third kappa shape index (κ3) is 5.29. The SMILES string of the molecule is CCCCSc1ccc2c(c1)C(=O)N(c1ccc(CN3C(=O)c4cccc5cccc(c45)C3=O)c3ccc(C4Cc5ccc(Cl)cc5C4=O)nc13)C2=O. The Labute approximate surface area is 313 Å². The summed E-state index contributed by atoms with van der Waals surface area (Å²) in [7, 11) is 0. The zero-order valence-electron chi connectivity index (χ0n) is 28.5. The molecule has 53 heavy (non-hydrogen) atoms. The molecule has 5 aromatic carbocycles. The lowest BCUT2D eigenvalue weighted by Gasteiger charge is -2.28. The summed E-state index contributed by atoms with van der Waals surface area (Å²) in [5.41, 5.74) is 4.56. The van der Waals surface area contributed by atoms with Crippen molar-refractivity contribution in [2.75, 3.05) is 10.7 Å². The van der Waals surface area contributed by atoms with Gasteiger partial charge in [-0.05, 0) is 89.7 Å². The van der Waals surface area contributed by atoms with Crippen LogP contribution in [0.3, 0.4) is 0 Å². The van der Waals surface area contributed by atoms with Gasteiger partial charge in [0.05, 0.1) is 40.5 Å². The second-order valence-electron chi connectivity index (χ2n) is 13.6. The summed E-state index contributed by atoms with van der Waals surface area (Å²) in [6.07, 6.45) is 2.51. The van der Waals surface area contributed by atoms with Crippen LogP contribution in [0.15, 0.2) is 102 Å². The zero-order chi connectivity index (χ0) is 36.5. The molecule has 2 aliphatic heterocycles. The van der Waals surface area contributed by atoms with E-state index in [1.54, 1.807) is 84.6 Å². The van der Waals surface area contributed by atoms with Crippen molar-refractivity contribution in [2.45, 2.75) is 43.5 Å². The van der Waals surface area contributed by atoms with Crippen molar-refractivity contribution in [3.63, 3.8) is 0 Å². The monoisotopic (exact) mass is 735 g/mol. The number of nitrogens with zero attached hydrogens (tertiary/aromatic N) is 3. The van der Waals surface area contributed by atoms with Gasteiger partial charge in [0.2, 0.25) is 0 Å². The smallest absolute Gasteiger partial charge is 0.266 e. The van der Waals surface area contributed by atoms with E-state index in [4.69, 9.17) is 16.6 Å². The van der Waals surface area contributed by atoms with E-state index < -0.39 is 29.5 Å². The number of fused-ring (bicyclic) bond motifs is 3. The van der Waals surface area contributed by atoms with Gasteiger partial charge in [0.15, 0.2) is 5.78 Å². The lowest BCUT2D eigenvalue weighted by Crippen LogP contribution is -2.39. The molecule has 0 radical (unpaired) electrons. The minimum Gasteiger partial charge on any atom is -0.293 e. The normalized spacial score (nSPS) is 16.3. The standard InChI is InChI=1S/C43H30ClN3O5S/c1-2-3-18-53-27-13-14-29-33(21-27)43(52)47(42(29)51)36-17-11-25(22-46-40(49)30-8-4-6-23-7-5-9-31(37(23)30)41(46)50)28-15-16-35(45-38(28)36)34-19-24-10-12-26(44)20-32(24)39(34)48/h4-17,20-21,34H,2-3,18-19,22H2,1H3. The van der Waals surface area contributed by atoms with Crippen LogP contribution in [-0.4, -0.2) is 45.0 Å². The molecular weight excluding hydrogens is 706 g/mol. The minimum atomic E-state index is -0.600. The summed E-state index contributed by atoms with van der Waals surface area (Å²) in [5.74, 6) is -1.58. The Balaban J connectivity index is 1.15. The molecule has 6 aromatic rings. The van der Waals surface area contributed by atoms with Crippen LogP contribution in [0.25, 0.3) is 21.7 Å². The number of unbranched alkanes of at least 4 members (excludes halogenated alkanes) is 1. The fourth-order valence-corrected chi connectivity index (χ4v) is 8.95. The third-order valence-corrected chi connectivity index (χ3v) is 11.7. The summed E-state index contributed by atoms with van der Waals surface area (Å²) >= 11 is 7.88. The van der Waals surface area contributed by atoms with Crippen molar-refractivity contribution in [1.29, 1.82) is 0 Å². The molecule has 0 N–H and O–H groups in total. The van der Waals surface area contributed by atoms with E-state index in [2.05, 4.69) is 6.92 Å². The summed E-state index contributed by atoms with van der Waals surface area (Å²) in [6.45, 7) is 2.05. The van der Waals surface area contributed by atoms with Gasteiger partial charge in [0.1, 0.15) is 0 Å². The summed E-state index contributed by atoms with van der Waals surface area (Å²) in [6, 6.07) is 28.4. The van der Waals surface area contributed by atoms with Crippen molar-refractivity contribution >= 4 is 80.1 Å². The van der Waals surface area contributed by atoms with E-state index in [1.807, 2.05) is 24.3 Å². The predicted octanol–water partition coefficient (Wildman–Crippen LogP) is 9.05. The number of ketones is 1. The second kappa shape index (κ2) is 12.8. The van der Waals surface area contributed by atoms with Crippen LogP contribution in [0.5, 0.6) is 0 Å². The Kier molecular flexibility index (Phi) is 8.01. The topological polar surface area (TPSA) is 105 Å². The molecule has 0 spiro atoms. The molecule has 3 aliphatic rings. The summed E-state index contributed by atoms with van der Waals surface area (Å²) in [4.78, 5) is 77.9. The molecule has 1 aromatic heterocycles. The highest BCUT2D eigenvalue weighted by atomic mass is 35.5. The second-order valence-corrected chi connectivity index (χ2v) is 15.2. The molecule has 10 heteroatoms.